The van der Waals surface area contributed by atoms with Crippen LogP contribution >= 0.6 is 11.6 Å². The van der Waals surface area contributed by atoms with Gasteiger partial charge in [-0.15, -0.1) is 0 Å². The molecule has 0 aliphatic carbocycles. The van der Waals surface area contributed by atoms with E-state index in [4.69, 9.17) is 22.1 Å². The maximum absolute atomic E-state index is 12.2. The van der Waals surface area contributed by atoms with Gasteiger partial charge in [-0.2, -0.15) is 0 Å². The molecule has 19 heavy (non-hydrogen) atoms. The van der Waals surface area contributed by atoms with E-state index in [-0.39, 0.29) is 21.9 Å². The number of hydrogen-bond acceptors (Lipinski definition) is 4. The molecule has 1 saturated heterocycles. The Morgan fingerprint density at radius 3 is 2.84 bits per heavy atom. The molecule has 0 radical (unpaired) electrons. The van der Waals surface area contributed by atoms with Gasteiger partial charge in [0.2, 0.25) is 10.0 Å². The molecule has 5 nitrogen and oxygen atoms in total. The Labute approximate surface area is 118 Å². The van der Waals surface area contributed by atoms with Crippen molar-refractivity contribution in [2.45, 2.75) is 24.3 Å². The Bertz CT molecular complexity index is 562. The molecule has 3 N–H and O–H groups in total. The van der Waals surface area contributed by atoms with Gasteiger partial charge in [0, 0.05) is 24.8 Å². The average Bonchev–Trinajstić information content (AvgIpc) is 2.72. The molecular weight excluding hydrogens is 288 g/mol. The lowest BCUT2D eigenvalue weighted by atomic mass is 10.0. The van der Waals surface area contributed by atoms with Gasteiger partial charge in [-0.3, -0.25) is 0 Å². The molecule has 2 atom stereocenters. The predicted octanol–water partition coefficient (Wildman–Crippen LogP) is 1.63. The first kappa shape index (κ1) is 14.6. The minimum absolute atomic E-state index is 0.0509. The van der Waals surface area contributed by atoms with Crippen LogP contribution in [0.4, 0.5) is 5.69 Å². The lowest BCUT2D eigenvalue weighted by Gasteiger charge is -2.15. The second kappa shape index (κ2) is 5.66. The Hall–Kier alpha value is -0.820. The van der Waals surface area contributed by atoms with E-state index in [1.54, 1.807) is 0 Å². The summed E-state index contributed by atoms with van der Waals surface area (Å²) in [7, 11) is -3.61. The fourth-order valence-corrected chi connectivity index (χ4v) is 3.72. The van der Waals surface area contributed by atoms with Gasteiger partial charge in [0.1, 0.15) is 4.90 Å². The SMILES string of the molecule is CC1OCCC1CNS(=O)(=O)c1ccc(N)cc1Cl. The summed E-state index contributed by atoms with van der Waals surface area (Å²) < 4.78 is 32.3. The van der Waals surface area contributed by atoms with Gasteiger partial charge >= 0.3 is 0 Å². The summed E-state index contributed by atoms with van der Waals surface area (Å²) in [5.74, 6) is 0.197. The summed E-state index contributed by atoms with van der Waals surface area (Å²) in [6.45, 7) is 2.97. The van der Waals surface area contributed by atoms with Crippen molar-refractivity contribution in [1.82, 2.24) is 4.72 Å². The number of nitrogen functional groups attached to an aromatic ring is 1. The molecule has 0 aromatic heterocycles. The number of nitrogens with one attached hydrogen (secondary N) is 1. The van der Waals surface area contributed by atoms with Crippen molar-refractivity contribution in [3.63, 3.8) is 0 Å². The molecule has 1 fully saturated rings. The Morgan fingerprint density at radius 1 is 1.53 bits per heavy atom. The normalized spacial score (nSPS) is 23.7. The molecule has 0 bridgehead atoms. The highest BCUT2D eigenvalue weighted by atomic mass is 35.5. The van der Waals surface area contributed by atoms with Crippen molar-refractivity contribution < 1.29 is 13.2 Å². The van der Waals surface area contributed by atoms with Crippen molar-refractivity contribution in [2.75, 3.05) is 18.9 Å². The summed E-state index contributed by atoms with van der Waals surface area (Å²) >= 11 is 5.91. The zero-order valence-corrected chi connectivity index (χ0v) is 12.2. The number of benzene rings is 1. The molecular formula is C12H17ClN2O3S. The van der Waals surface area contributed by atoms with E-state index < -0.39 is 10.0 Å². The van der Waals surface area contributed by atoms with Crippen LogP contribution in [-0.2, 0) is 14.8 Å². The molecule has 1 aliphatic rings. The largest absolute Gasteiger partial charge is 0.399 e. The van der Waals surface area contributed by atoms with Crippen LogP contribution in [0.25, 0.3) is 0 Å². The Balaban J connectivity index is 2.09. The molecule has 2 unspecified atom stereocenters. The first-order chi connectivity index (χ1) is 8.90. The molecule has 0 amide bonds. The van der Waals surface area contributed by atoms with E-state index in [0.717, 1.165) is 6.42 Å². The monoisotopic (exact) mass is 304 g/mol. The third-order valence-electron chi connectivity index (χ3n) is 3.31. The maximum Gasteiger partial charge on any atom is 0.242 e. The molecule has 0 saturated carbocycles. The van der Waals surface area contributed by atoms with Gasteiger partial charge in [-0.25, -0.2) is 13.1 Å². The second-order valence-corrected chi connectivity index (χ2v) is 6.81. The summed E-state index contributed by atoms with van der Waals surface area (Å²) in [6, 6.07) is 4.35. The molecule has 1 heterocycles. The summed E-state index contributed by atoms with van der Waals surface area (Å²) in [6.07, 6.45) is 0.934. The van der Waals surface area contributed by atoms with Gasteiger partial charge in [-0.1, -0.05) is 11.6 Å². The summed E-state index contributed by atoms with van der Waals surface area (Å²) in [4.78, 5) is 0.0509. The van der Waals surface area contributed by atoms with Gasteiger partial charge < -0.3 is 10.5 Å². The molecule has 106 valence electrons. The van der Waals surface area contributed by atoms with Crippen LogP contribution in [0.2, 0.25) is 5.02 Å². The van der Waals surface area contributed by atoms with Crippen molar-refractivity contribution in [1.29, 1.82) is 0 Å². The summed E-state index contributed by atoms with van der Waals surface area (Å²) in [5.41, 5.74) is 5.98. The number of rotatable bonds is 4. The van der Waals surface area contributed by atoms with E-state index in [2.05, 4.69) is 4.72 Å². The van der Waals surface area contributed by atoms with E-state index in [1.807, 2.05) is 6.92 Å². The van der Waals surface area contributed by atoms with E-state index in [1.165, 1.54) is 18.2 Å². The summed E-state index contributed by atoms with van der Waals surface area (Å²) in [5, 5.41) is 0.128. The number of ether oxygens (including phenoxy) is 1. The Morgan fingerprint density at radius 2 is 2.26 bits per heavy atom. The maximum atomic E-state index is 12.2. The average molecular weight is 305 g/mol. The first-order valence-corrected chi connectivity index (χ1v) is 7.92. The highest BCUT2D eigenvalue weighted by Gasteiger charge is 2.26. The third kappa shape index (κ3) is 3.39. The van der Waals surface area contributed by atoms with Crippen LogP contribution in [0.1, 0.15) is 13.3 Å². The fourth-order valence-electron chi connectivity index (χ4n) is 2.07. The lowest BCUT2D eigenvalue weighted by Crippen LogP contribution is -2.32. The smallest absolute Gasteiger partial charge is 0.242 e. The molecule has 1 aliphatic heterocycles. The zero-order chi connectivity index (χ0) is 14.0. The first-order valence-electron chi connectivity index (χ1n) is 6.06. The third-order valence-corrected chi connectivity index (χ3v) is 5.22. The topological polar surface area (TPSA) is 81.4 Å². The van der Waals surface area contributed by atoms with Crippen LogP contribution < -0.4 is 10.5 Å². The molecule has 1 aromatic carbocycles. The molecule has 0 spiro atoms. The Kier molecular flexibility index (Phi) is 4.35. The van der Waals surface area contributed by atoms with E-state index >= 15 is 0 Å². The standard InChI is InChI=1S/C12H17ClN2O3S/c1-8-9(4-5-18-8)7-15-19(16,17)12-3-2-10(14)6-11(12)13/h2-3,6,8-9,15H,4-5,7,14H2,1H3. The highest BCUT2D eigenvalue weighted by Crippen LogP contribution is 2.25. The van der Waals surface area contributed by atoms with Crippen molar-refractivity contribution in [3.05, 3.63) is 23.2 Å². The molecule has 1 aromatic rings. The number of hydrogen-bond donors (Lipinski definition) is 2. The quantitative estimate of drug-likeness (QED) is 0.828. The minimum Gasteiger partial charge on any atom is -0.399 e. The predicted molar refractivity (Wildman–Crippen MR) is 74.6 cm³/mol. The van der Waals surface area contributed by atoms with Crippen LogP contribution in [0.5, 0.6) is 0 Å². The van der Waals surface area contributed by atoms with Crippen molar-refractivity contribution in [2.24, 2.45) is 5.92 Å². The number of sulfonamides is 1. The zero-order valence-electron chi connectivity index (χ0n) is 10.6. The molecule has 2 rings (SSSR count). The van der Waals surface area contributed by atoms with Crippen LogP contribution in [-0.4, -0.2) is 27.7 Å². The van der Waals surface area contributed by atoms with Crippen LogP contribution in [0, 0.1) is 5.92 Å². The van der Waals surface area contributed by atoms with Crippen LogP contribution in [0.15, 0.2) is 23.1 Å². The van der Waals surface area contributed by atoms with E-state index in [9.17, 15) is 8.42 Å². The van der Waals surface area contributed by atoms with Gasteiger partial charge in [0.15, 0.2) is 0 Å². The van der Waals surface area contributed by atoms with E-state index in [0.29, 0.717) is 18.8 Å². The highest BCUT2D eigenvalue weighted by molar-refractivity contribution is 7.89. The van der Waals surface area contributed by atoms with Crippen LogP contribution in [0.3, 0.4) is 0 Å². The number of halogens is 1. The van der Waals surface area contributed by atoms with Gasteiger partial charge in [0.05, 0.1) is 11.1 Å². The fraction of sp³-hybridized carbons (Fsp3) is 0.500. The van der Waals surface area contributed by atoms with Crippen molar-refractivity contribution >= 4 is 27.3 Å². The number of nitrogens with two attached hydrogens (primary N) is 1. The minimum atomic E-state index is -3.61. The van der Waals surface area contributed by atoms with Gasteiger partial charge in [-0.05, 0) is 31.5 Å². The lowest BCUT2D eigenvalue weighted by molar-refractivity contribution is 0.107. The van der Waals surface area contributed by atoms with Crippen molar-refractivity contribution in [3.8, 4) is 0 Å². The number of anilines is 1. The second-order valence-electron chi connectivity index (χ2n) is 4.67. The molecule has 7 heteroatoms. The van der Waals surface area contributed by atoms with Gasteiger partial charge in [0.25, 0.3) is 0 Å².